The Balaban J connectivity index is 3.16. The first-order chi connectivity index (χ1) is 4.66. The smallest absolute Gasteiger partial charge is 0.0905 e. The molecule has 1 radical (unpaired) electrons. The lowest BCUT2D eigenvalue weighted by Gasteiger charge is -2.10. The van der Waals surface area contributed by atoms with Crippen LogP contribution in [0.15, 0.2) is 0 Å². The Morgan fingerprint density at radius 1 is 1.50 bits per heavy atom. The van der Waals surface area contributed by atoms with Crippen LogP contribution in [0.4, 0.5) is 0 Å². The van der Waals surface area contributed by atoms with E-state index in [1.165, 1.54) is 19.3 Å². The van der Waals surface area contributed by atoms with Gasteiger partial charge in [0.15, 0.2) is 0 Å². The predicted octanol–water partition coefficient (Wildman–Crippen LogP) is 3.13. The molecule has 0 aliphatic carbocycles. The zero-order valence-electron chi connectivity index (χ0n) is 7.35. The molecule has 1 N–H and O–H groups in total. The molecule has 0 rings (SSSR count). The van der Waals surface area contributed by atoms with Crippen LogP contribution in [0.25, 0.3) is 0 Å². The maximum atomic E-state index is 8.94. The largest absolute Gasteiger partial charge is 0.387 e. The molecule has 10 heavy (non-hydrogen) atoms. The van der Waals surface area contributed by atoms with Crippen LogP contribution in [0.1, 0.15) is 46.5 Å². The van der Waals surface area contributed by atoms with Gasteiger partial charge in [0.2, 0.25) is 0 Å². The second-order valence-electron chi connectivity index (χ2n) is 3.19. The van der Waals surface area contributed by atoms with Gasteiger partial charge >= 0.3 is 0 Å². The number of hydrogen-bond acceptors (Lipinski definition) is 1. The summed E-state index contributed by atoms with van der Waals surface area (Å²) >= 11 is 0. The summed E-state index contributed by atoms with van der Waals surface area (Å²) in [5.41, 5.74) is 0. The summed E-state index contributed by atoms with van der Waals surface area (Å²) in [6.45, 7) is 6.17. The summed E-state index contributed by atoms with van der Waals surface area (Å²) in [6.07, 6.45) is 5.24. The van der Waals surface area contributed by atoms with E-state index in [2.05, 4.69) is 13.8 Å². The summed E-state index contributed by atoms with van der Waals surface area (Å²) in [5.74, 6) is 0.657. The zero-order valence-corrected chi connectivity index (χ0v) is 7.35. The molecule has 0 saturated heterocycles. The van der Waals surface area contributed by atoms with E-state index in [-0.39, 0.29) is 0 Å². The molecular weight excluding hydrogens is 124 g/mol. The SMILES string of the molecule is CCCCC(C)C[C](C)O. The third-order valence-electron chi connectivity index (χ3n) is 1.69. The van der Waals surface area contributed by atoms with Crippen molar-refractivity contribution in [1.29, 1.82) is 0 Å². The van der Waals surface area contributed by atoms with Gasteiger partial charge in [0, 0.05) is 0 Å². The third-order valence-corrected chi connectivity index (χ3v) is 1.69. The van der Waals surface area contributed by atoms with Gasteiger partial charge in [-0.15, -0.1) is 0 Å². The predicted molar refractivity (Wildman–Crippen MR) is 44.2 cm³/mol. The highest BCUT2D eigenvalue weighted by molar-refractivity contribution is 4.70. The standard InChI is InChI=1S/C9H19O/c1-4-5-6-8(2)7-9(3)10/h8,10H,4-7H2,1-3H3. The Bertz CT molecular complexity index is 69.1. The van der Waals surface area contributed by atoms with Gasteiger partial charge in [-0.05, 0) is 19.3 Å². The molecule has 0 amide bonds. The van der Waals surface area contributed by atoms with Crippen LogP contribution in [-0.4, -0.2) is 5.11 Å². The molecule has 0 spiro atoms. The molecule has 1 nitrogen and oxygen atoms in total. The molecule has 0 aromatic rings. The highest BCUT2D eigenvalue weighted by Gasteiger charge is 2.05. The maximum absolute atomic E-state index is 8.94. The first kappa shape index (κ1) is 9.96. The van der Waals surface area contributed by atoms with E-state index in [4.69, 9.17) is 5.11 Å². The normalized spacial score (nSPS) is 14.1. The van der Waals surface area contributed by atoms with Gasteiger partial charge in [-0.3, -0.25) is 0 Å². The Hall–Kier alpha value is -0.0400. The van der Waals surface area contributed by atoms with E-state index < -0.39 is 0 Å². The molecule has 0 bridgehead atoms. The average molecular weight is 143 g/mol. The average Bonchev–Trinajstić information content (AvgIpc) is 1.82. The Labute approximate surface area is 64.5 Å². The Kier molecular flexibility index (Phi) is 5.70. The second kappa shape index (κ2) is 5.72. The van der Waals surface area contributed by atoms with Crippen LogP contribution < -0.4 is 0 Å². The van der Waals surface area contributed by atoms with Crippen LogP contribution in [0, 0.1) is 12.0 Å². The van der Waals surface area contributed by atoms with E-state index in [1.807, 2.05) is 0 Å². The van der Waals surface area contributed by atoms with Crippen molar-refractivity contribution < 1.29 is 5.11 Å². The number of aliphatic hydroxyl groups is 1. The van der Waals surface area contributed by atoms with Crippen molar-refractivity contribution in [3.05, 3.63) is 6.10 Å². The summed E-state index contributed by atoms with van der Waals surface area (Å²) in [5, 5.41) is 8.94. The fourth-order valence-electron chi connectivity index (χ4n) is 1.16. The molecule has 1 atom stereocenters. The highest BCUT2D eigenvalue weighted by atomic mass is 16.3. The minimum Gasteiger partial charge on any atom is -0.387 e. The summed E-state index contributed by atoms with van der Waals surface area (Å²) < 4.78 is 0. The van der Waals surface area contributed by atoms with Gasteiger partial charge in [-0.1, -0.05) is 33.1 Å². The highest BCUT2D eigenvalue weighted by Crippen LogP contribution is 2.16. The van der Waals surface area contributed by atoms with Crippen molar-refractivity contribution in [2.75, 3.05) is 0 Å². The van der Waals surface area contributed by atoms with Crippen molar-refractivity contribution in [2.45, 2.75) is 46.5 Å². The quantitative estimate of drug-likeness (QED) is 0.627. The van der Waals surface area contributed by atoms with Crippen molar-refractivity contribution >= 4 is 0 Å². The third kappa shape index (κ3) is 6.09. The van der Waals surface area contributed by atoms with Gasteiger partial charge in [0.25, 0.3) is 0 Å². The van der Waals surface area contributed by atoms with Crippen LogP contribution in [0.3, 0.4) is 0 Å². The second-order valence-corrected chi connectivity index (χ2v) is 3.19. The fraction of sp³-hybridized carbons (Fsp3) is 0.889. The van der Waals surface area contributed by atoms with Gasteiger partial charge in [0.05, 0.1) is 6.10 Å². The Morgan fingerprint density at radius 3 is 2.50 bits per heavy atom. The van der Waals surface area contributed by atoms with E-state index in [9.17, 15) is 0 Å². The van der Waals surface area contributed by atoms with Crippen LogP contribution in [-0.2, 0) is 0 Å². The van der Waals surface area contributed by atoms with E-state index >= 15 is 0 Å². The topological polar surface area (TPSA) is 20.2 Å². The molecule has 0 saturated carbocycles. The lowest BCUT2D eigenvalue weighted by atomic mass is 9.98. The van der Waals surface area contributed by atoms with Crippen LogP contribution in [0.2, 0.25) is 0 Å². The number of aliphatic hydroxyl groups excluding tert-OH is 1. The van der Waals surface area contributed by atoms with Gasteiger partial charge in [0.1, 0.15) is 0 Å². The first-order valence-corrected chi connectivity index (χ1v) is 4.18. The number of unbranched alkanes of at least 4 members (excludes halogenated alkanes) is 1. The van der Waals surface area contributed by atoms with Gasteiger partial charge < -0.3 is 5.11 Å². The van der Waals surface area contributed by atoms with Gasteiger partial charge in [-0.2, -0.15) is 0 Å². The summed E-state index contributed by atoms with van der Waals surface area (Å²) in [7, 11) is 0. The molecule has 0 heterocycles. The summed E-state index contributed by atoms with van der Waals surface area (Å²) in [4.78, 5) is 0. The lowest BCUT2D eigenvalue weighted by molar-refractivity contribution is 0.265. The first-order valence-electron chi connectivity index (χ1n) is 4.18. The van der Waals surface area contributed by atoms with E-state index in [0.717, 1.165) is 6.42 Å². The number of hydrogen-bond donors (Lipinski definition) is 1. The zero-order chi connectivity index (χ0) is 7.98. The molecule has 0 fully saturated rings. The molecule has 0 aliphatic rings. The molecule has 61 valence electrons. The monoisotopic (exact) mass is 143 g/mol. The fourth-order valence-corrected chi connectivity index (χ4v) is 1.16. The van der Waals surface area contributed by atoms with E-state index in [0.29, 0.717) is 12.0 Å². The van der Waals surface area contributed by atoms with Crippen molar-refractivity contribution in [1.82, 2.24) is 0 Å². The van der Waals surface area contributed by atoms with Crippen LogP contribution >= 0.6 is 0 Å². The molecule has 0 aliphatic heterocycles. The minimum atomic E-state index is 0.573. The molecule has 1 heteroatoms. The van der Waals surface area contributed by atoms with Crippen molar-refractivity contribution in [3.8, 4) is 0 Å². The maximum Gasteiger partial charge on any atom is 0.0905 e. The summed E-state index contributed by atoms with van der Waals surface area (Å²) in [6, 6.07) is 0. The molecule has 0 aromatic heterocycles. The minimum absolute atomic E-state index is 0.573. The Morgan fingerprint density at radius 2 is 2.10 bits per heavy atom. The molecule has 1 unspecified atom stereocenters. The van der Waals surface area contributed by atoms with Crippen molar-refractivity contribution in [2.24, 2.45) is 5.92 Å². The van der Waals surface area contributed by atoms with Crippen LogP contribution in [0.5, 0.6) is 0 Å². The van der Waals surface area contributed by atoms with E-state index in [1.54, 1.807) is 6.92 Å². The molecular formula is C9H19O. The number of rotatable bonds is 5. The van der Waals surface area contributed by atoms with Crippen molar-refractivity contribution in [3.63, 3.8) is 0 Å². The van der Waals surface area contributed by atoms with Gasteiger partial charge in [-0.25, -0.2) is 0 Å². The lowest BCUT2D eigenvalue weighted by Crippen LogP contribution is -2.00. The molecule has 0 aromatic carbocycles.